The fourth-order valence-corrected chi connectivity index (χ4v) is 4.59. The van der Waals surface area contributed by atoms with Crippen LogP contribution in [0.4, 0.5) is 5.69 Å². The van der Waals surface area contributed by atoms with E-state index in [1.807, 2.05) is 0 Å². The van der Waals surface area contributed by atoms with Crippen LogP contribution in [-0.4, -0.2) is 50.8 Å². The van der Waals surface area contributed by atoms with Crippen molar-refractivity contribution in [2.24, 2.45) is 0 Å². The van der Waals surface area contributed by atoms with Crippen LogP contribution in [0.2, 0.25) is 0 Å². The van der Waals surface area contributed by atoms with Gasteiger partial charge < -0.3 is 4.52 Å². The van der Waals surface area contributed by atoms with E-state index in [4.69, 9.17) is 4.52 Å². The van der Waals surface area contributed by atoms with E-state index in [0.29, 0.717) is 17.3 Å². The topological polar surface area (TPSA) is 145 Å². The van der Waals surface area contributed by atoms with Gasteiger partial charge in [-0.15, -0.1) is 0 Å². The largest absolute Gasteiger partial charge is 0.338 e. The van der Waals surface area contributed by atoms with E-state index < -0.39 is 14.9 Å². The number of nitrogens with zero attached hydrogens (tertiary/aromatic N) is 6. The lowest BCUT2D eigenvalue weighted by Crippen LogP contribution is -2.48. The van der Waals surface area contributed by atoms with Crippen LogP contribution in [-0.2, 0) is 10.0 Å². The first-order valence-electron chi connectivity index (χ1n) is 8.22. The van der Waals surface area contributed by atoms with Gasteiger partial charge in [0.25, 0.3) is 5.69 Å². The first-order valence-corrected chi connectivity index (χ1v) is 9.66. The minimum Gasteiger partial charge on any atom is -0.338 e. The highest BCUT2D eigenvalue weighted by Gasteiger charge is 2.41. The van der Waals surface area contributed by atoms with Crippen molar-refractivity contribution >= 4 is 15.7 Å². The monoisotopic (exact) mass is 402 g/mol. The number of nitro groups is 1. The van der Waals surface area contributed by atoms with E-state index >= 15 is 0 Å². The van der Waals surface area contributed by atoms with Crippen molar-refractivity contribution in [1.82, 2.24) is 24.4 Å². The molecule has 0 radical (unpaired) electrons. The summed E-state index contributed by atoms with van der Waals surface area (Å²) in [4.78, 5) is 22.6. The number of hydrogen-bond donors (Lipinski definition) is 0. The van der Waals surface area contributed by atoms with Crippen molar-refractivity contribution in [3.8, 4) is 11.6 Å². The average molecular weight is 402 g/mol. The van der Waals surface area contributed by atoms with Gasteiger partial charge in [0.1, 0.15) is 0 Å². The Hall–Kier alpha value is -3.25. The predicted molar refractivity (Wildman–Crippen MR) is 94.7 cm³/mol. The summed E-state index contributed by atoms with van der Waals surface area (Å²) in [6, 6.07) is 5.44. The Balaban J connectivity index is 1.52. The summed E-state index contributed by atoms with van der Waals surface area (Å²) in [6.45, 7) is 1.88. The average Bonchev–Trinajstić information content (AvgIpc) is 3.10. The van der Waals surface area contributed by atoms with Gasteiger partial charge >= 0.3 is 0 Å². The van der Waals surface area contributed by atoms with Crippen molar-refractivity contribution < 1.29 is 17.9 Å². The molecule has 0 amide bonds. The summed E-state index contributed by atoms with van der Waals surface area (Å²) in [5.74, 6) is 0.573. The van der Waals surface area contributed by atoms with Gasteiger partial charge in [0.05, 0.1) is 15.7 Å². The number of non-ortho nitro benzene ring substituents is 1. The number of aromatic nitrogens is 4. The molecule has 1 aromatic carbocycles. The molecule has 11 nitrogen and oxygen atoms in total. The molecule has 28 heavy (non-hydrogen) atoms. The third-order valence-electron chi connectivity index (χ3n) is 4.41. The van der Waals surface area contributed by atoms with Crippen LogP contribution in [0.25, 0.3) is 11.6 Å². The van der Waals surface area contributed by atoms with Gasteiger partial charge in [0, 0.05) is 37.6 Å². The second-order valence-electron chi connectivity index (χ2n) is 6.25. The molecule has 0 N–H and O–H groups in total. The Bertz CT molecular complexity index is 1140. The second kappa shape index (κ2) is 6.73. The van der Waals surface area contributed by atoms with Crippen molar-refractivity contribution in [2.45, 2.75) is 17.7 Å². The molecule has 0 bridgehead atoms. The van der Waals surface area contributed by atoms with E-state index in [1.54, 1.807) is 25.4 Å². The SMILES string of the molecule is Cc1ccc([N+](=O)[O-])cc1S(=O)(=O)N1CC(c2nc(-c3ncccn3)no2)C1. The van der Waals surface area contributed by atoms with Gasteiger partial charge in [-0.1, -0.05) is 11.2 Å². The molecule has 1 saturated heterocycles. The first kappa shape index (κ1) is 18.1. The van der Waals surface area contributed by atoms with Gasteiger partial charge in [0.15, 0.2) is 0 Å². The first-order chi connectivity index (χ1) is 13.4. The number of benzene rings is 1. The fourth-order valence-electron chi connectivity index (χ4n) is 2.82. The maximum absolute atomic E-state index is 12.8. The van der Waals surface area contributed by atoms with E-state index in [1.165, 1.54) is 16.4 Å². The molecule has 3 aromatic rings. The Morgan fingerprint density at radius 3 is 2.61 bits per heavy atom. The molecule has 0 spiro atoms. The van der Waals surface area contributed by atoms with Gasteiger partial charge in [-0.3, -0.25) is 10.1 Å². The van der Waals surface area contributed by atoms with Gasteiger partial charge in [-0.25, -0.2) is 18.4 Å². The maximum Gasteiger partial charge on any atom is 0.270 e. The quantitative estimate of drug-likeness (QED) is 0.458. The molecule has 1 fully saturated rings. The molecule has 3 heterocycles. The molecule has 2 aromatic heterocycles. The molecular formula is C16H14N6O5S. The van der Waals surface area contributed by atoms with E-state index in [9.17, 15) is 18.5 Å². The lowest BCUT2D eigenvalue weighted by molar-refractivity contribution is -0.385. The number of rotatable bonds is 5. The molecule has 4 rings (SSSR count). The lowest BCUT2D eigenvalue weighted by Gasteiger charge is -2.36. The van der Waals surface area contributed by atoms with Crippen LogP contribution in [0.5, 0.6) is 0 Å². The normalized spacial score (nSPS) is 15.3. The molecule has 0 aliphatic carbocycles. The smallest absolute Gasteiger partial charge is 0.270 e. The lowest BCUT2D eigenvalue weighted by atomic mass is 10.0. The molecule has 0 atom stereocenters. The van der Waals surface area contributed by atoms with E-state index in [0.717, 1.165) is 6.07 Å². The van der Waals surface area contributed by atoms with Gasteiger partial charge in [0.2, 0.25) is 27.6 Å². The molecule has 0 saturated carbocycles. The molecular weight excluding hydrogens is 388 g/mol. The van der Waals surface area contributed by atoms with E-state index in [-0.39, 0.29) is 35.4 Å². The molecule has 1 aliphatic heterocycles. The van der Waals surface area contributed by atoms with Crippen molar-refractivity contribution in [2.75, 3.05) is 13.1 Å². The summed E-state index contributed by atoms with van der Waals surface area (Å²) in [7, 11) is -3.86. The Morgan fingerprint density at radius 2 is 1.93 bits per heavy atom. The number of sulfonamides is 1. The molecule has 144 valence electrons. The fraction of sp³-hybridized carbons (Fsp3) is 0.250. The number of aryl methyl sites for hydroxylation is 1. The number of hydrogen-bond acceptors (Lipinski definition) is 9. The van der Waals surface area contributed by atoms with Crippen LogP contribution >= 0.6 is 0 Å². The third kappa shape index (κ3) is 3.12. The summed E-state index contributed by atoms with van der Waals surface area (Å²) in [5.41, 5.74) is 0.168. The Kier molecular flexibility index (Phi) is 4.35. The molecule has 0 unspecified atom stereocenters. The highest BCUT2D eigenvalue weighted by molar-refractivity contribution is 7.89. The summed E-state index contributed by atoms with van der Waals surface area (Å²) >= 11 is 0. The Labute approximate surface area is 159 Å². The maximum atomic E-state index is 12.8. The summed E-state index contributed by atoms with van der Waals surface area (Å²) in [6.07, 6.45) is 3.11. The highest BCUT2D eigenvalue weighted by Crippen LogP contribution is 2.33. The van der Waals surface area contributed by atoms with Crippen LogP contribution < -0.4 is 0 Å². The van der Waals surface area contributed by atoms with Gasteiger partial charge in [-0.2, -0.15) is 9.29 Å². The Morgan fingerprint density at radius 1 is 1.21 bits per heavy atom. The third-order valence-corrected chi connectivity index (χ3v) is 6.38. The summed E-state index contributed by atoms with van der Waals surface area (Å²) in [5, 5.41) is 14.8. The zero-order valence-electron chi connectivity index (χ0n) is 14.6. The zero-order chi connectivity index (χ0) is 19.9. The van der Waals surface area contributed by atoms with Crippen molar-refractivity contribution in [3.05, 3.63) is 58.2 Å². The zero-order valence-corrected chi connectivity index (χ0v) is 15.4. The number of nitro benzene ring substituents is 1. The van der Waals surface area contributed by atoms with Crippen molar-refractivity contribution in [1.29, 1.82) is 0 Å². The molecule has 12 heteroatoms. The second-order valence-corrected chi connectivity index (χ2v) is 8.16. The predicted octanol–water partition coefficient (Wildman–Crippen LogP) is 1.53. The van der Waals surface area contributed by atoms with Gasteiger partial charge in [-0.05, 0) is 18.6 Å². The van der Waals surface area contributed by atoms with Crippen LogP contribution in [0.3, 0.4) is 0 Å². The van der Waals surface area contributed by atoms with Crippen LogP contribution in [0.1, 0.15) is 17.4 Å². The van der Waals surface area contributed by atoms with Crippen LogP contribution in [0.15, 0.2) is 46.1 Å². The standard InChI is InChI=1S/C16H14N6O5S/c1-10-3-4-12(22(23)24)7-13(10)28(25,26)21-8-11(9-21)16-19-15(20-27-16)14-17-5-2-6-18-14/h2-7,11H,8-9H2,1H3. The molecule has 1 aliphatic rings. The van der Waals surface area contributed by atoms with Crippen molar-refractivity contribution in [3.63, 3.8) is 0 Å². The summed E-state index contributed by atoms with van der Waals surface area (Å²) < 4.78 is 32.1. The minimum atomic E-state index is -3.86. The minimum absolute atomic E-state index is 0.0796. The van der Waals surface area contributed by atoms with E-state index in [2.05, 4.69) is 20.1 Å². The van der Waals surface area contributed by atoms with Crippen LogP contribution in [0, 0.1) is 17.0 Å². The highest BCUT2D eigenvalue weighted by atomic mass is 32.2.